The van der Waals surface area contributed by atoms with Crippen molar-refractivity contribution >= 4 is 35.1 Å². The van der Waals surface area contributed by atoms with Crippen LogP contribution in [0.4, 0.5) is 0 Å². The van der Waals surface area contributed by atoms with Crippen molar-refractivity contribution in [2.24, 2.45) is 0 Å². The van der Waals surface area contributed by atoms with Gasteiger partial charge in [0.15, 0.2) is 0 Å². The molecular weight excluding hydrogens is 707 g/mol. The number of halogens is 2. The summed E-state index contributed by atoms with van der Waals surface area (Å²) in [5.41, 5.74) is 14.8. The number of rotatable bonds is 10. The maximum atomic E-state index is 8.54. The Hall–Kier alpha value is -1.96. The molecule has 4 aromatic carbocycles. The zero-order valence-electron chi connectivity index (χ0n) is 29.3. The first-order valence-corrected chi connectivity index (χ1v) is 34.1. The first-order chi connectivity index (χ1) is 22.4. The van der Waals surface area contributed by atoms with Gasteiger partial charge in [0.25, 0.3) is 0 Å². The second kappa shape index (κ2) is 13.4. The van der Waals surface area contributed by atoms with Gasteiger partial charge in [0.2, 0.25) is 0 Å². The summed E-state index contributed by atoms with van der Waals surface area (Å²) in [7, 11) is 17.1. The quantitative estimate of drug-likeness (QED) is 0.141. The average Bonchev–Trinajstić information content (AvgIpc) is 3.67. The van der Waals surface area contributed by atoms with Crippen molar-refractivity contribution in [1.82, 2.24) is 0 Å². The third-order valence-electron chi connectivity index (χ3n) is 11.0. The predicted molar refractivity (Wildman–Crippen MR) is 209 cm³/mol. The summed E-state index contributed by atoms with van der Waals surface area (Å²) >= 11 is -4.72. The number of benzene rings is 4. The number of hydrogen-bond acceptors (Lipinski definition) is 0. The molecule has 47 heavy (non-hydrogen) atoms. The van der Waals surface area contributed by atoms with Gasteiger partial charge in [0.05, 0.1) is 0 Å². The zero-order valence-corrected chi connectivity index (χ0v) is 34.5. The van der Waals surface area contributed by atoms with Crippen LogP contribution in [0.1, 0.15) is 101 Å². The molecule has 0 nitrogen and oxygen atoms in total. The summed E-state index contributed by atoms with van der Waals surface area (Å²) < 4.78 is 0.218. The Morgan fingerprint density at radius 3 is 1.87 bits per heavy atom. The van der Waals surface area contributed by atoms with E-state index in [1.807, 2.05) is 0 Å². The molecule has 0 spiro atoms. The van der Waals surface area contributed by atoms with E-state index in [2.05, 4.69) is 151 Å². The van der Waals surface area contributed by atoms with E-state index in [-0.39, 0.29) is 12.7 Å². The molecule has 0 saturated carbocycles. The van der Waals surface area contributed by atoms with E-state index in [0.717, 1.165) is 32.1 Å². The number of aryl methyl sites for hydroxylation is 1. The molecule has 0 aliphatic heterocycles. The Morgan fingerprint density at radius 2 is 1.30 bits per heavy atom. The molecule has 2 aliphatic rings. The monoisotopic (exact) mass is 755 g/mol. The number of fused-ring (bicyclic) bond motifs is 2. The molecule has 0 amide bonds. The molecule has 2 aliphatic carbocycles. The van der Waals surface area contributed by atoms with Gasteiger partial charge in [-0.1, -0.05) is 0 Å². The van der Waals surface area contributed by atoms with Crippen LogP contribution < -0.4 is 0 Å². The van der Waals surface area contributed by atoms with Crippen molar-refractivity contribution in [3.63, 3.8) is 0 Å². The van der Waals surface area contributed by atoms with Gasteiger partial charge >= 0.3 is 295 Å². The molecule has 0 radical (unpaired) electrons. The van der Waals surface area contributed by atoms with Crippen LogP contribution in [-0.4, -0.2) is 5.92 Å². The van der Waals surface area contributed by atoms with Crippen LogP contribution in [0.15, 0.2) is 96.6 Å². The van der Waals surface area contributed by atoms with Crippen molar-refractivity contribution in [3.8, 4) is 22.3 Å². The number of unbranched alkanes of at least 4 members (excludes halogenated alkanes) is 1. The third-order valence-corrected chi connectivity index (χ3v) is 63.0. The van der Waals surface area contributed by atoms with Gasteiger partial charge in [-0.3, -0.25) is 0 Å². The van der Waals surface area contributed by atoms with Crippen molar-refractivity contribution in [3.05, 3.63) is 130 Å². The summed E-state index contributed by atoms with van der Waals surface area (Å²) in [6, 6.07) is 32.1. The SMILES string of the molecule is CCCCC1=Cc2c(-c3ccc(CCC)cc3)cccc2[CH]1[Zr]([Cl])([Cl])([CH]1C=Cc2c(-c3ccc(C(C)(C)C)cc3)cccc21)[SiH](C)C. The predicted octanol–water partition coefficient (Wildman–Crippen LogP) is 13.6. The Bertz CT molecular complexity index is 1820. The Balaban J connectivity index is 1.48. The summed E-state index contributed by atoms with van der Waals surface area (Å²) in [6.45, 7) is 16.2. The van der Waals surface area contributed by atoms with Gasteiger partial charge in [-0.25, -0.2) is 0 Å². The molecule has 2 atom stereocenters. The summed E-state index contributed by atoms with van der Waals surface area (Å²) in [5.74, 6) is -1.58. The van der Waals surface area contributed by atoms with Crippen LogP contribution in [0.5, 0.6) is 0 Å². The molecule has 0 N–H and O–H groups in total. The first kappa shape index (κ1) is 34.9. The zero-order chi connectivity index (χ0) is 33.6. The second-order valence-corrected chi connectivity index (χ2v) is 58.0. The summed E-state index contributed by atoms with van der Waals surface area (Å²) in [4.78, 5) is 0. The van der Waals surface area contributed by atoms with Gasteiger partial charge in [0.1, 0.15) is 0 Å². The molecule has 0 saturated heterocycles. The van der Waals surface area contributed by atoms with Crippen molar-refractivity contribution < 1.29 is 15.6 Å². The normalized spacial score (nSPS) is 18.2. The van der Waals surface area contributed by atoms with Gasteiger partial charge in [0, 0.05) is 0 Å². The van der Waals surface area contributed by atoms with Gasteiger partial charge < -0.3 is 0 Å². The molecule has 0 bridgehead atoms. The van der Waals surface area contributed by atoms with Crippen LogP contribution in [-0.2, 0) is 27.4 Å². The van der Waals surface area contributed by atoms with Gasteiger partial charge in [-0.15, -0.1) is 0 Å². The molecule has 4 heteroatoms. The average molecular weight is 758 g/mol. The van der Waals surface area contributed by atoms with E-state index in [1.54, 1.807) is 0 Å². The van der Waals surface area contributed by atoms with Gasteiger partial charge in [-0.05, 0) is 0 Å². The summed E-state index contributed by atoms with van der Waals surface area (Å²) in [5, 5.41) is 0. The Labute approximate surface area is 293 Å². The number of hydrogen-bond donors (Lipinski definition) is 0. The topological polar surface area (TPSA) is 0 Å². The first-order valence-electron chi connectivity index (χ1n) is 17.8. The third kappa shape index (κ3) is 6.20. The molecule has 0 heterocycles. The summed E-state index contributed by atoms with van der Waals surface area (Å²) in [6.07, 6.45) is 12.9. The molecule has 6 rings (SSSR count). The van der Waals surface area contributed by atoms with Crippen LogP contribution in [0.2, 0.25) is 13.1 Å². The standard InChI is InChI=1S/C22H25.C19H19.C2H7Si.2ClH.Zr/c1-3-5-8-18-15-20-9-6-10-21(22(20)16-18)19-13-11-17(7-4-2)12-14-19;1-19(2,3)16-12-10-15(11-13-16)18-9-5-7-14-6-4-8-17(14)18;1-3-2;;;/h6,9-16H,3-5,7-8H2,1-2H3;4-13H,1-3H3;3H,1-2H3;2*1H;/q;;;;;+2/p-2. The van der Waals surface area contributed by atoms with Crippen molar-refractivity contribution in [1.29, 1.82) is 0 Å². The van der Waals surface area contributed by atoms with E-state index < -0.39 is 21.5 Å². The van der Waals surface area contributed by atoms with E-state index in [4.69, 9.17) is 17.0 Å². The van der Waals surface area contributed by atoms with E-state index in [9.17, 15) is 0 Å². The Morgan fingerprint density at radius 1 is 0.702 bits per heavy atom. The molecule has 0 fully saturated rings. The van der Waals surface area contributed by atoms with Crippen molar-refractivity contribution in [2.45, 2.75) is 92.5 Å². The van der Waals surface area contributed by atoms with E-state index in [1.165, 1.54) is 61.2 Å². The van der Waals surface area contributed by atoms with Crippen LogP contribution in [0, 0.1) is 0 Å². The molecule has 4 aromatic rings. The molecular formula is C43H51Cl2SiZr. The van der Waals surface area contributed by atoms with Crippen LogP contribution in [0.3, 0.4) is 0 Å². The minimum absolute atomic E-state index is 0.0909. The maximum absolute atomic E-state index is 8.54. The molecule has 245 valence electrons. The van der Waals surface area contributed by atoms with Crippen LogP contribution in [0.25, 0.3) is 34.4 Å². The Kier molecular flexibility index (Phi) is 9.94. The fraction of sp³-hybridized carbons (Fsp3) is 0.349. The van der Waals surface area contributed by atoms with Crippen LogP contribution >= 0.6 is 17.0 Å². The minimum atomic E-state index is -4.72. The number of allylic oxidation sites excluding steroid dienone is 2. The van der Waals surface area contributed by atoms with Crippen molar-refractivity contribution in [2.75, 3.05) is 0 Å². The van der Waals surface area contributed by atoms with Gasteiger partial charge in [-0.2, -0.15) is 0 Å². The second-order valence-electron chi connectivity index (χ2n) is 15.4. The fourth-order valence-corrected chi connectivity index (χ4v) is 37.6. The van der Waals surface area contributed by atoms with E-state index in [0.29, 0.717) is 0 Å². The molecule has 0 aromatic heterocycles. The fourth-order valence-electron chi connectivity index (χ4n) is 8.20. The van der Waals surface area contributed by atoms with E-state index >= 15 is 0 Å². The molecule has 2 unspecified atom stereocenters.